The molecule has 0 spiro atoms. The van der Waals surface area contributed by atoms with Crippen LogP contribution in [0.2, 0.25) is 0 Å². The van der Waals surface area contributed by atoms with E-state index in [-0.39, 0.29) is 17.6 Å². The highest BCUT2D eigenvalue weighted by molar-refractivity contribution is 5.04. The minimum absolute atomic E-state index is 0.198. The fourth-order valence-corrected chi connectivity index (χ4v) is 1.98. The maximum Gasteiger partial charge on any atom is 0.330 e. The molecule has 2 heterocycles. The van der Waals surface area contributed by atoms with E-state index in [1.807, 2.05) is 6.92 Å². The lowest BCUT2D eigenvalue weighted by Gasteiger charge is -2.13. The van der Waals surface area contributed by atoms with Gasteiger partial charge in [0.25, 0.3) is 5.56 Å². The second-order valence-electron chi connectivity index (χ2n) is 4.37. The summed E-state index contributed by atoms with van der Waals surface area (Å²) in [5, 5.41) is 0. The van der Waals surface area contributed by atoms with Gasteiger partial charge in [-0.15, -0.1) is 6.42 Å². The molecule has 0 aliphatic carbocycles. The van der Waals surface area contributed by atoms with Gasteiger partial charge < -0.3 is 4.74 Å². The number of rotatable bonds is 1. The smallest absolute Gasteiger partial charge is 0.330 e. The van der Waals surface area contributed by atoms with Crippen LogP contribution in [0, 0.1) is 25.2 Å². The molecule has 0 bridgehead atoms. The largest absolute Gasteiger partial charge is 0.342 e. The lowest BCUT2D eigenvalue weighted by atomic mass is 10.0. The summed E-state index contributed by atoms with van der Waals surface area (Å²) >= 11 is 0. The van der Waals surface area contributed by atoms with Gasteiger partial charge in [0, 0.05) is 11.8 Å². The van der Waals surface area contributed by atoms with E-state index in [0.29, 0.717) is 12.0 Å². The molecule has 1 fully saturated rings. The Bertz CT molecular complexity index is 579. The lowest BCUT2D eigenvalue weighted by molar-refractivity contribution is 0.0206. The summed E-state index contributed by atoms with van der Waals surface area (Å²) in [5.41, 5.74) is -0.355. The number of H-pyrrole nitrogens is 1. The van der Waals surface area contributed by atoms with Gasteiger partial charge in [0.15, 0.2) is 0 Å². The first-order valence-electron chi connectivity index (χ1n) is 5.46. The summed E-state index contributed by atoms with van der Waals surface area (Å²) in [5.74, 6) is 2.75. The molecule has 90 valence electrons. The maximum absolute atomic E-state index is 11.7. The van der Waals surface area contributed by atoms with E-state index in [1.165, 1.54) is 10.8 Å². The monoisotopic (exact) mass is 234 g/mol. The van der Waals surface area contributed by atoms with Gasteiger partial charge in [0.1, 0.15) is 12.3 Å². The number of nitrogens with one attached hydrogen (secondary N) is 1. The number of terminal acetylenes is 1. The van der Waals surface area contributed by atoms with Crippen molar-refractivity contribution >= 4 is 0 Å². The van der Waals surface area contributed by atoms with Gasteiger partial charge in [0.2, 0.25) is 0 Å². The molecule has 3 atom stereocenters. The summed E-state index contributed by atoms with van der Waals surface area (Å²) < 4.78 is 6.98. The average molecular weight is 234 g/mol. The molecular weight excluding hydrogens is 220 g/mol. The molecule has 0 aromatic carbocycles. The van der Waals surface area contributed by atoms with Crippen molar-refractivity contribution in [1.82, 2.24) is 9.55 Å². The van der Waals surface area contributed by atoms with Crippen LogP contribution < -0.4 is 11.2 Å². The molecule has 0 radical (unpaired) electrons. The summed E-state index contributed by atoms with van der Waals surface area (Å²) in [7, 11) is 0. The van der Waals surface area contributed by atoms with E-state index >= 15 is 0 Å². The third-order valence-corrected chi connectivity index (χ3v) is 3.01. The molecule has 5 nitrogen and oxygen atoms in total. The van der Waals surface area contributed by atoms with Crippen LogP contribution >= 0.6 is 0 Å². The Labute approximate surface area is 98.4 Å². The molecule has 2 rings (SSSR count). The highest BCUT2D eigenvalue weighted by Crippen LogP contribution is 2.31. The van der Waals surface area contributed by atoms with Crippen molar-refractivity contribution in [1.29, 1.82) is 0 Å². The van der Waals surface area contributed by atoms with Gasteiger partial charge in [-0.3, -0.25) is 14.3 Å². The Morgan fingerprint density at radius 2 is 2.29 bits per heavy atom. The van der Waals surface area contributed by atoms with Gasteiger partial charge >= 0.3 is 5.69 Å². The van der Waals surface area contributed by atoms with Crippen molar-refractivity contribution in [2.24, 2.45) is 5.92 Å². The molecular formula is C12H14N2O3. The van der Waals surface area contributed by atoms with Gasteiger partial charge in [-0.05, 0) is 19.3 Å². The second kappa shape index (κ2) is 4.22. The van der Waals surface area contributed by atoms with Gasteiger partial charge in [-0.2, -0.15) is 0 Å². The number of aromatic nitrogens is 2. The van der Waals surface area contributed by atoms with E-state index in [1.54, 1.807) is 6.92 Å². The number of ether oxygens (including phenoxy) is 1. The van der Waals surface area contributed by atoms with Crippen molar-refractivity contribution in [2.75, 3.05) is 0 Å². The van der Waals surface area contributed by atoms with E-state index < -0.39 is 11.9 Å². The maximum atomic E-state index is 11.7. The number of aryl methyl sites for hydroxylation is 1. The fourth-order valence-electron chi connectivity index (χ4n) is 1.98. The molecule has 0 unspecified atom stereocenters. The minimum atomic E-state index is -0.463. The predicted molar refractivity (Wildman–Crippen MR) is 62.6 cm³/mol. The van der Waals surface area contributed by atoms with Crippen LogP contribution in [-0.2, 0) is 4.74 Å². The minimum Gasteiger partial charge on any atom is -0.342 e. The number of aromatic amines is 1. The predicted octanol–water partition coefficient (Wildman–Crippen LogP) is 0.402. The van der Waals surface area contributed by atoms with Crippen LogP contribution in [0.3, 0.4) is 0 Å². The molecule has 1 saturated heterocycles. The van der Waals surface area contributed by atoms with Crippen LogP contribution in [0.25, 0.3) is 0 Å². The molecule has 1 N–H and O–H groups in total. The quantitative estimate of drug-likeness (QED) is 0.715. The molecule has 1 aliphatic heterocycles. The van der Waals surface area contributed by atoms with Crippen LogP contribution in [-0.4, -0.2) is 15.7 Å². The zero-order valence-electron chi connectivity index (χ0n) is 9.77. The summed E-state index contributed by atoms with van der Waals surface area (Å²) in [6.07, 6.45) is 6.84. The van der Waals surface area contributed by atoms with Crippen molar-refractivity contribution in [2.45, 2.75) is 32.6 Å². The molecule has 1 aromatic heterocycles. The van der Waals surface area contributed by atoms with E-state index in [9.17, 15) is 9.59 Å². The Kier molecular flexibility index (Phi) is 2.90. The van der Waals surface area contributed by atoms with Gasteiger partial charge in [-0.25, -0.2) is 4.79 Å². The third kappa shape index (κ3) is 2.04. The van der Waals surface area contributed by atoms with Crippen LogP contribution in [0.4, 0.5) is 0 Å². The van der Waals surface area contributed by atoms with E-state index in [2.05, 4.69) is 10.9 Å². The first-order valence-corrected chi connectivity index (χ1v) is 5.46. The lowest BCUT2D eigenvalue weighted by Crippen LogP contribution is -2.33. The number of hydrogen-bond acceptors (Lipinski definition) is 3. The third-order valence-electron chi connectivity index (χ3n) is 3.01. The van der Waals surface area contributed by atoms with Crippen LogP contribution in [0.15, 0.2) is 15.8 Å². The van der Waals surface area contributed by atoms with E-state index in [0.717, 1.165) is 0 Å². The van der Waals surface area contributed by atoms with Gasteiger partial charge in [-0.1, -0.05) is 12.8 Å². The first kappa shape index (κ1) is 11.7. The molecule has 5 heteroatoms. The van der Waals surface area contributed by atoms with Crippen molar-refractivity contribution in [3.8, 4) is 12.3 Å². The zero-order chi connectivity index (χ0) is 12.6. The van der Waals surface area contributed by atoms with Crippen molar-refractivity contribution < 1.29 is 4.74 Å². The fraction of sp³-hybridized carbons (Fsp3) is 0.500. The zero-order valence-corrected chi connectivity index (χ0v) is 9.77. The summed E-state index contributed by atoms with van der Waals surface area (Å²) in [6.45, 7) is 3.62. The van der Waals surface area contributed by atoms with Gasteiger partial charge in [0.05, 0.1) is 0 Å². The molecule has 1 aliphatic rings. The number of nitrogens with zero attached hydrogens (tertiary/aromatic N) is 1. The molecule has 0 amide bonds. The van der Waals surface area contributed by atoms with E-state index in [4.69, 9.17) is 11.2 Å². The Balaban J connectivity index is 2.38. The average Bonchev–Trinajstić information content (AvgIpc) is 2.65. The number of hydrogen-bond donors (Lipinski definition) is 1. The first-order chi connectivity index (χ1) is 8.02. The molecule has 1 aromatic rings. The van der Waals surface area contributed by atoms with Crippen molar-refractivity contribution in [3.05, 3.63) is 32.6 Å². The Morgan fingerprint density at radius 3 is 2.88 bits per heavy atom. The van der Waals surface area contributed by atoms with Crippen LogP contribution in [0.1, 0.15) is 25.1 Å². The Morgan fingerprint density at radius 1 is 1.59 bits per heavy atom. The van der Waals surface area contributed by atoms with Crippen molar-refractivity contribution in [3.63, 3.8) is 0 Å². The Hall–Kier alpha value is -1.80. The SMILES string of the molecule is C#C[C@H]1O[C@@H](n2cc(C)c(=O)[nH]c2=O)C[C@H]1C. The van der Waals surface area contributed by atoms with Crippen LogP contribution in [0.5, 0.6) is 0 Å². The molecule has 17 heavy (non-hydrogen) atoms. The summed E-state index contributed by atoms with van der Waals surface area (Å²) in [6, 6.07) is 0. The highest BCUT2D eigenvalue weighted by atomic mass is 16.5. The summed E-state index contributed by atoms with van der Waals surface area (Å²) in [4.78, 5) is 25.2. The highest BCUT2D eigenvalue weighted by Gasteiger charge is 2.32. The normalized spacial score (nSPS) is 27.9. The topological polar surface area (TPSA) is 64.1 Å². The second-order valence-corrected chi connectivity index (χ2v) is 4.37. The standard InChI is InChI=1S/C12H14N2O3/c1-4-9-7(2)5-10(17-9)14-6-8(3)11(15)13-12(14)16/h1,6-7,9-10H,5H2,2-3H3,(H,13,15,16)/t7-,9-,10-/m1/s1. The molecule has 0 saturated carbocycles.